The molecule has 11 nitrogen and oxygen atoms in total. The summed E-state index contributed by atoms with van der Waals surface area (Å²) in [5, 5.41) is 3.82. The molecule has 0 radical (unpaired) electrons. The van der Waals surface area contributed by atoms with Gasteiger partial charge in [0.05, 0.1) is 30.4 Å². The number of nitrogens with one attached hydrogen (secondary N) is 1. The summed E-state index contributed by atoms with van der Waals surface area (Å²) >= 11 is 1.69. The number of hydrogen-bond acceptors (Lipinski definition) is 10. The summed E-state index contributed by atoms with van der Waals surface area (Å²) in [5.74, 6) is 1.89. The highest BCUT2D eigenvalue weighted by molar-refractivity contribution is 7.98. The minimum atomic E-state index is -0.625. The van der Waals surface area contributed by atoms with Gasteiger partial charge >= 0.3 is 5.76 Å². The molecule has 1 N–H and O–H groups in total. The van der Waals surface area contributed by atoms with Crippen molar-refractivity contribution in [3.8, 4) is 34.3 Å². The van der Waals surface area contributed by atoms with Crippen molar-refractivity contribution in [2.45, 2.75) is 39.5 Å². The summed E-state index contributed by atoms with van der Waals surface area (Å²) in [4.78, 5) is 46.3. The molecule has 0 saturated carbocycles. The van der Waals surface area contributed by atoms with Crippen LogP contribution in [0.25, 0.3) is 28.6 Å². The molecule has 5 rings (SSSR count). The van der Waals surface area contributed by atoms with Crippen LogP contribution in [-0.4, -0.2) is 53.3 Å². The van der Waals surface area contributed by atoms with Gasteiger partial charge in [0.1, 0.15) is 5.82 Å². The van der Waals surface area contributed by atoms with Crippen LogP contribution in [0.4, 0.5) is 0 Å². The number of benzene rings is 1. The molecule has 4 heterocycles. The topological polar surface area (TPSA) is 142 Å². The van der Waals surface area contributed by atoms with E-state index in [4.69, 9.17) is 9.72 Å². The molecule has 1 aromatic carbocycles. The molecule has 0 fully saturated rings. The number of aromatic amines is 1. The fraction of sp³-hybridized carbons (Fsp3) is 0.300. The predicted octanol–water partition coefficient (Wildman–Crippen LogP) is 4.41. The van der Waals surface area contributed by atoms with E-state index in [1.165, 1.54) is 4.57 Å². The van der Waals surface area contributed by atoms with Crippen molar-refractivity contribution < 1.29 is 9.26 Å². The van der Waals surface area contributed by atoms with Gasteiger partial charge in [0, 0.05) is 35.1 Å². The van der Waals surface area contributed by atoms with E-state index in [1.54, 1.807) is 37.3 Å². The number of pyridine rings is 1. The fourth-order valence-corrected chi connectivity index (χ4v) is 4.83. The maximum atomic E-state index is 13.9. The zero-order valence-corrected chi connectivity index (χ0v) is 24.5. The number of H-pyrrole nitrogens is 1. The van der Waals surface area contributed by atoms with Gasteiger partial charge in [-0.15, -0.1) is 0 Å². The Kier molecular flexibility index (Phi) is 9.22. The Morgan fingerprint density at radius 2 is 1.81 bits per heavy atom. The molecule has 0 aliphatic rings. The Morgan fingerprint density at radius 1 is 1.02 bits per heavy atom. The van der Waals surface area contributed by atoms with Crippen molar-refractivity contribution in [3.05, 3.63) is 98.5 Å². The summed E-state index contributed by atoms with van der Waals surface area (Å²) in [6.07, 6.45) is 9.87. The maximum Gasteiger partial charge on any atom is 0.439 e. The van der Waals surface area contributed by atoms with E-state index in [0.29, 0.717) is 53.7 Å². The van der Waals surface area contributed by atoms with Gasteiger partial charge < -0.3 is 4.74 Å². The SMILES string of the molecule is CCCCc1nc(C)n(-c2ncc(OCCSC)cn2)c(=O)c1Cc1ccc(-c2ccccc2-c2noc(=O)[nH]2)nc1. The molecule has 0 saturated heterocycles. The van der Waals surface area contributed by atoms with E-state index >= 15 is 0 Å². The van der Waals surface area contributed by atoms with Gasteiger partial charge in [0.25, 0.3) is 5.56 Å². The van der Waals surface area contributed by atoms with Crippen LogP contribution < -0.4 is 16.1 Å². The average molecular weight is 586 g/mol. The molecule has 12 heteroatoms. The van der Waals surface area contributed by atoms with Crippen LogP contribution in [0.5, 0.6) is 5.75 Å². The highest BCUT2D eigenvalue weighted by Gasteiger charge is 2.19. The molecule has 0 spiro atoms. The molecule has 42 heavy (non-hydrogen) atoms. The summed E-state index contributed by atoms with van der Waals surface area (Å²) < 4.78 is 11.8. The van der Waals surface area contributed by atoms with Crippen molar-refractivity contribution in [2.24, 2.45) is 0 Å². The number of unbranched alkanes of at least 4 members (excludes halogenated alkanes) is 1. The molecule has 0 atom stereocenters. The van der Waals surface area contributed by atoms with Crippen LogP contribution in [0.3, 0.4) is 0 Å². The van der Waals surface area contributed by atoms with Gasteiger partial charge in [0.2, 0.25) is 5.95 Å². The normalized spacial score (nSPS) is 11.1. The number of rotatable bonds is 12. The summed E-state index contributed by atoms with van der Waals surface area (Å²) in [7, 11) is 0. The van der Waals surface area contributed by atoms with Crippen molar-refractivity contribution >= 4 is 11.8 Å². The Hall–Kier alpha value is -4.58. The van der Waals surface area contributed by atoms with E-state index in [9.17, 15) is 9.59 Å². The van der Waals surface area contributed by atoms with Crippen LogP contribution in [0.1, 0.15) is 42.4 Å². The molecule has 5 aromatic rings. The van der Waals surface area contributed by atoms with Gasteiger partial charge in [-0.3, -0.25) is 19.3 Å². The maximum absolute atomic E-state index is 13.9. The number of hydrogen-bond donors (Lipinski definition) is 1. The zero-order chi connectivity index (χ0) is 29.5. The van der Waals surface area contributed by atoms with Crippen molar-refractivity contribution in [2.75, 3.05) is 18.6 Å². The number of aryl methyl sites for hydroxylation is 2. The number of nitrogens with zero attached hydrogens (tertiary/aromatic N) is 6. The third kappa shape index (κ3) is 6.49. The Balaban J connectivity index is 1.46. The smallest absolute Gasteiger partial charge is 0.439 e. The fourth-order valence-electron chi connectivity index (χ4n) is 4.58. The average Bonchev–Trinajstić information content (AvgIpc) is 3.45. The van der Waals surface area contributed by atoms with Gasteiger partial charge in [-0.1, -0.05) is 48.8 Å². The summed E-state index contributed by atoms with van der Waals surface area (Å²) in [5.41, 5.74) is 4.19. The molecular formula is C30H31N7O4S. The van der Waals surface area contributed by atoms with E-state index in [-0.39, 0.29) is 11.5 Å². The third-order valence-corrected chi connectivity index (χ3v) is 7.25. The van der Waals surface area contributed by atoms with E-state index in [1.807, 2.05) is 42.7 Å². The molecule has 0 unspecified atom stereocenters. The van der Waals surface area contributed by atoms with E-state index in [2.05, 4.69) is 36.5 Å². The first kappa shape index (κ1) is 28.9. The van der Waals surface area contributed by atoms with Crippen molar-refractivity contribution in [3.63, 3.8) is 0 Å². The molecular weight excluding hydrogens is 554 g/mol. The Morgan fingerprint density at radius 3 is 2.48 bits per heavy atom. The van der Waals surface area contributed by atoms with Crippen LogP contribution in [-0.2, 0) is 12.8 Å². The minimum absolute atomic E-state index is 0.200. The van der Waals surface area contributed by atoms with Gasteiger partial charge in [-0.05, 0) is 37.7 Å². The van der Waals surface area contributed by atoms with Crippen LogP contribution in [0.2, 0.25) is 0 Å². The van der Waals surface area contributed by atoms with Crippen LogP contribution in [0, 0.1) is 6.92 Å². The molecule has 0 amide bonds. The van der Waals surface area contributed by atoms with Gasteiger partial charge in [-0.25, -0.2) is 24.3 Å². The summed E-state index contributed by atoms with van der Waals surface area (Å²) in [6.45, 7) is 4.46. The molecule has 4 aromatic heterocycles. The quantitative estimate of drug-likeness (QED) is 0.209. The third-order valence-electron chi connectivity index (χ3n) is 6.67. The lowest BCUT2D eigenvalue weighted by Crippen LogP contribution is -2.29. The monoisotopic (exact) mass is 585 g/mol. The summed E-state index contributed by atoms with van der Waals surface area (Å²) in [6, 6.07) is 11.3. The molecule has 0 bridgehead atoms. The first-order valence-corrected chi connectivity index (χ1v) is 15.0. The Labute approximate surface area is 246 Å². The number of aromatic nitrogens is 7. The molecule has 216 valence electrons. The van der Waals surface area contributed by atoms with Crippen LogP contribution >= 0.6 is 11.8 Å². The molecule has 0 aliphatic heterocycles. The second-order valence-corrected chi connectivity index (χ2v) is 10.6. The van der Waals surface area contributed by atoms with Crippen molar-refractivity contribution in [1.29, 1.82) is 0 Å². The standard InChI is InChI=1S/C30H31N7O4S/c1-4-5-10-26-24(28(38)37(19(2)34-26)29-32-17-21(18-33-29)40-13-14-42-3)15-20-11-12-25(31-16-20)22-8-6-7-9-23(22)27-35-30(39)41-36-27/h6-9,11-12,16-18H,4-5,10,13-15H2,1-3H3,(H,35,36,39). The van der Waals surface area contributed by atoms with Crippen LogP contribution in [0.15, 0.2) is 69.1 Å². The highest BCUT2D eigenvalue weighted by atomic mass is 32.2. The lowest BCUT2D eigenvalue weighted by Gasteiger charge is -2.15. The lowest BCUT2D eigenvalue weighted by molar-refractivity contribution is 0.341. The van der Waals surface area contributed by atoms with Crippen molar-refractivity contribution in [1.82, 2.24) is 34.6 Å². The van der Waals surface area contributed by atoms with Gasteiger partial charge in [0.15, 0.2) is 11.6 Å². The van der Waals surface area contributed by atoms with Gasteiger partial charge in [-0.2, -0.15) is 11.8 Å². The second kappa shape index (κ2) is 13.4. The first-order valence-electron chi connectivity index (χ1n) is 13.6. The second-order valence-electron chi connectivity index (χ2n) is 9.61. The van der Waals surface area contributed by atoms with E-state index < -0.39 is 5.76 Å². The highest BCUT2D eigenvalue weighted by Crippen LogP contribution is 2.28. The first-order chi connectivity index (χ1) is 20.5. The lowest BCUT2D eigenvalue weighted by atomic mass is 10.0. The number of thioether (sulfide) groups is 1. The largest absolute Gasteiger partial charge is 0.489 e. The zero-order valence-electron chi connectivity index (χ0n) is 23.7. The predicted molar refractivity (Wildman–Crippen MR) is 161 cm³/mol. The number of ether oxygens (including phenoxy) is 1. The molecule has 0 aliphatic carbocycles. The Bertz CT molecular complexity index is 1760. The minimum Gasteiger partial charge on any atom is -0.489 e. The van der Waals surface area contributed by atoms with E-state index in [0.717, 1.165) is 35.4 Å².